The fourth-order valence-corrected chi connectivity index (χ4v) is 3.38. The lowest BCUT2D eigenvalue weighted by molar-refractivity contribution is 0.0946. The number of carbonyl (C=O) groups is 1. The number of nitrogens with zero attached hydrogens (tertiary/aromatic N) is 2. The highest BCUT2D eigenvalue weighted by Crippen LogP contribution is 2.46. The number of hydrogen-bond acceptors (Lipinski definition) is 2. The van der Waals surface area contributed by atoms with Gasteiger partial charge < -0.3 is 9.88 Å². The first-order valence-electron chi connectivity index (χ1n) is 7.36. The van der Waals surface area contributed by atoms with Crippen LogP contribution in [0.1, 0.15) is 47.9 Å². The number of aryl methyl sites for hydroxylation is 1. The maximum absolute atomic E-state index is 12.1. The van der Waals surface area contributed by atoms with Crippen molar-refractivity contribution in [3.05, 3.63) is 53.6 Å². The van der Waals surface area contributed by atoms with Crippen molar-refractivity contribution in [2.75, 3.05) is 7.05 Å². The molecule has 1 aromatic carbocycles. The molecule has 1 aromatic heterocycles. The highest BCUT2D eigenvalue weighted by Gasteiger charge is 2.38. The zero-order valence-electron chi connectivity index (χ0n) is 12.8. The normalized spacial score (nSPS) is 19.9. The Bertz CT molecular complexity index is 672. The van der Waals surface area contributed by atoms with E-state index in [1.165, 1.54) is 11.1 Å². The second-order valence-electron chi connectivity index (χ2n) is 6.36. The summed E-state index contributed by atoms with van der Waals surface area (Å²) in [7, 11) is 1.65. The van der Waals surface area contributed by atoms with Crippen LogP contribution < -0.4 is 5.32 Å². The Hall–Kier alpha value is -2.10. The maximum Gasteiger partial charge on any atom is 0.269 e. The van der Waals surface area contributed by atoms with Crippen LogP contribution in [0.4, 0.5) is 0 Å². The van der Waals surface area contributed by atoms with Crippen molar-refractivity contribution in [1.82, 2.24) is 14.9 Å². The predicted molar refractivity (Wildman–Crippen MR) is 82.3 cm³/mol. The topological polar surface area (TPSA) is 46.9 Å². The summed E-state index contributed by atoms with van der Waals surface area (Å²) in [4.78, 5) is 16.3. The minimum Gasteiger partial charge on any atom is -0.354 e. The van der Waals surface area contributed by atoms with Crippen LogP contribution in [0.25, 0.3) is 0 Å². The van der Waals surface area contributed by atoms with E-state index in [-0.39, 0.29) is 17.4 Å². The average molecular weight is 283 g/mol. The molecule has 1 N–H and O–H groups in total. The Kier molecular flexibility index (Phi) is 3.32. The van der Waals surface area contributed by atoms with Crippen molar-refractivity contribution in [2.45, 2.75) is 32.7 Å². The summed E-state index contributed by atoms with van der Waals surface area (Å²) in [5.74, 6) is -0.0913. The van der Waals surface area contributed by atoms with Crippen molar-refractivity contribution in [3.8, 4) is 0 Å². The summed E-state index contributed by atoms with van der Waals surface area (Å²) in [6.07, 6.45) is 5.61. The summed E-state index contributed by atoms with van der Waals surface area (Å²) >= 11 is 0. The van der Waals surface area contributed by atoms with E-state index in [2.05, 4.69) is 48.4 Å². The molecule has 0 aliphatic heterocycles. The number of nitrogens with one attached hydrogen (secondary N) is 1. The molecule has 0 bridgehead atoms. The highest BCUT2D eigenvalue weighted by molar-refractivity contribution is 5.92. The minimum absolute atomic E-state index is 0.0812. The Morgan fingerprint density at radius 1 is 1.38 bits per heavy atom. The van der Waals surface area contributed by atoms with E-state index >= 15 is 0 Å². The molecule has 110 valence electrons. The van der Waals surface area contributed by atoms with Crippen LogP contribution in [-0.2, 0) is 6.42 Å². The number of aromatic nitrogens is 2. The first-order chi connectivity index (χ1) is 10.0. The molecule has 0 radical (unpaired) electrons. The SMILES string of the molecule is CNC(=O)c1cncn1C1c2ccccc2CCC1(C)C. The largest absolute Gasteiger partial charge is 0.354 e. The third-order valence-corrected chi connectivity index (χ3v) is 4.53. The molecular formula is C17H21N3O. The molecule has 21 heavy (non-hydrogen) atoms. The predicted octanol–water partition coefficient (Wildman–Crippen LogP) is 2.80. The van der Waals surface area contributed by atoms with Crippen molar-refractivity contribution in [3.63, 3.8) is 0 Å². The molecule has 1 aliphatic carbocycles. The van der Waals surface area contributed by atoms with E-state index in [1.54, 1.807) is 19.6 Å². The van der Waals surface area contributed by atoms with Crippen LogP contribution in [0, 0.1) is 5.41 Å². The van der Waals surface area contributed by atoms with Crippen molar-refractivity contribution in [1.29, 1.82) is 0 Å². The number of rotatable bonds is 2. The van der Waals surface area contributed by atoms with Gasteiger partial charge in [-0.2, -0.15) is 0 Å². The molecule has 1 aliphatic rings. The van der Waals surface area contributed by atoms with E-state index in [1.807, 2.05) is 4.57 Å². The number of imidazole rings is 1. The second-order valence-corrected chi connectivity index (χ2v) is 6.36. The van der Waals surface area contributed by atoms with E-state index in [9.17, 15) is 4.79 Å². The first-order valence-corrected chi connectivity index (χ1v) is 7.36. The van der Waals surface area contributed by atoms with Crippen LogP contribution in [0.15, 0.2) is 36.8 Å². The number of benzene rings is 1. The van der Waals surface area contributed by atoms with Crippen molar-refractivity contribution in [2.24, 2.45) is 5.41 Å². The molecule has 1 unspecified atom stereocenters. The van der Waals surface area contributed by atoms with Crippen LogP contribution >= 0.6 is 0 Å². The van der Waals surface area contributed by atoms with Crippen molar-refractivity contribution >= 4 is 5.91 Å². The Labute approximate surface area is 125 Å². The van der Waals surface area contributed by atoms with Gasteiger partial charge in [0, 0.05) is 7.05 Å². The van der Waals surface area contributed by atoms with Gasteiger partial charge in [0.05, 0.1) is 18.6 Å². The van der Waals surface area contributed by atoms with Gasteiger partial charge >= 0.3 is 0 Å². The van der Waals surface area contributed by atoms with Gasteiger partial charge in [-0.3, -0.25) is 4.79 Å². The number of hydrogen-bond donors (Lipinski definition) is 1. The number of carbonyl (C=O) groups excluding carboxylic acids is 1. The van der Waals surface area contributed by atoms with Gasteiger partial charge in [0.1, 0.15) is 5.69 Å². The monoisotopic (exact) mass is 283 g/mol. The molecule has 4 nitrogen and oxygen atoms in total. The third kappa shape index (κ3) is 2.24. The standard InChI is InChI=1S/C17H21N3O/c1-17(2)9-8-12-6-4-5-7-13(12)15(17)20-11-19-10-14(20)16(21)18-3/h4-7,10-11,15H,8-9H2,1-3H3,(H,18,21). The molecule has 2 aromatic rings. The van der Waals surface area contributed by atoms with Gasteiger partial charge in [0.15, 0.2) is 0 Å². The lowest BCUT2D eigenvalue weighted by Gasteiger charge is -2.41. The molecule has 3 rings (SSSR count). The molecule has 0 fully saturated rings. The summed E-state index contributed by atoms with van der Waals surface area (Å²) in [6, 6.07) is 8.66. The van der Waals surface area contributed by atoms with Crippen LogP contribution in [-0.4, -0.2) is 22.5 Å². The lowest BCUT2D eigenvalue weighted by Crippen LogP contribution is -2.35. The van der Waals surface area contributed by atoms with Gasteiger partial charge in [-0.1, -0.05) is 38.1 Å². The minimum atomic E-state index is -0.0913. The summed E-state index contributed by atoms with van der Waals surface area (Å²) in [6.45, 7) is 4.53. The fourth-order valence-electron chi connectivity index (χ4n) is 3.38. The Morgan fingerprint density at radius 3 is 2.90 bits per heavy atom. The van der Waals surface area contributed by atoms with E-state index < -0.39 is 0 Å². The highest BCUT2D eigenvalue weighted by atomic mass is 16.1. The van der Waals surface area contributed by atoms with Crippen LogP contribution in [0.3, 0.4) is 0 Å². The van der Waals surface area contributed by atoms with Crippen LogP contribution in [0.5, 0.6) is 0 Å². The van der Waals surface area contributed by atoms with Gasteiger partial charge in [0.25, 0.3) is 5.91 Å². The average Bonchev–Trinajstić information content (AvgIpc) is 2.94. The first kappa shape index (κ1) is 13.9. The maximum atomic E-state index is 12.1. The van der Waals surface area contributed by atoms with E-state index in [0.717, 1.165) is 12.8 Å². The number of fused-ring (bicyclic) bond motifs is 1. The zero-order valence-corrected chi connectivity index (χ0v) is 12.8. The molecule has 0 spiro atoms. The quantitative estimate of drug-likeness (QED) is 0.921. The summed E-state index contributed by atoms with van der Waals surface area (Å²) in [5.41, 5.74) is 3.38. The van der Waals surface area contributed by atoms with Gasteiger partial charge in [-0.15, -0.1) is 0 Å². The smallest absolute Gasteiger partial charge is 0.269 e. The molecule has 4 heteroatoms. The van der Waals surface area contributed by atoms with Gasteiger partial charge in [-0.25, -0.2) is 4.98 Å². The molecule has 1 heterocycles. The lowest BCUT2D eigenvalue weighted by atomic mass is 9.70. The third-order valence-electron chi connectivity index (χ3n) is 4.53. The molecular weight excluding hydrogens is 262 g/mol. The summed E-state index contributed by atoms with van der Waals surface area (Å²) in [5, 5.41) is 2.70. The van der Waals surface area contributed by atoms with Crippen LogP contribution in [0.2, 0.25) is 0 Å². The van der Waals surface area contributed by atoms with Gasteiger partial charge in [0.2, 0.25) is 0 Å². The molecule has 0 saturated heterocycles. The zero-order chi connectivity index (χ0) is 15.0. The molecule has 0 saturated carbocycles. The van der Waals surface area contributed by atoms with Gasteiger partial charge in [-0.05, 0) is 29.4 Å². The number of amides is 1. The molecule has 1 amide bonds. The summed E-state index contributed by atoms with van der Waals surface area (Å²) < 4.78 is 2.02. The Morgan fingerprint density at radius 2 is 2.14 bits per heavy atom. The second kappa shape index (κ2) is 5.02. The fraction of sp³-hybridized carbons (Fsp3) is 0.412. The van der Waals surface area contributed by atoms with Crippen molar-refractivity contribution < 1.29 is 4.79 Å². The van der Waals surface area contributed by atoms with E-state index in [4.69, 9.17) is 0 Å². The molecule has 1 atom stereocenters. The Balaban J connectivity index is 2.16. The van der Waals surface area contributed by atoms with E-state index in [0.29, 0.717) is 5.69 Å².